The Morgan fingerprint density at radius 2 is 2.10 bits per heavy atom. The van der Waals surface area contributed by atoms with E-state index in [4.69, 9.17) is 0 Å². The van der Waals surface area contributed by atoms with Gasteiger partial charge in [-0.2, -0.15) is 0 Å². The Morgan fingerprint density at radius 3 is 2.67 bits per heavy atom. The lowest BCUT2D eigenvalue weighted by Gasteiger charge is -2.25. The molecule has 2 rings (SSSR count). The van der Waals surface area contributed by atoms with Crippen LogP contribution in [0.4, 0.5) is 0 Å². The highest BCUT2D eigenvalue weighted by atomic mass is 32.1. The maximum Gasteiger partial charge on any atom is 0.264 e. The van der Waals surface area contributed by atoms with E-state index in [9.17, 15) is 14.7 Å². The molecule has 1 fully saturated rings. The highest BCUT2D eigenvalue weighted by Gasteiger charge is 2.28. The molecule has 1 aliphatic carbocycles. The second-order valence-electron chi connectivity index (χ2n) is 5.67. The van der Waals surface area contributed by atoms with E-state index in [2.05, 4.69) is 0 Å². The molecule has 1 heterocycles. The molecule has 1 saturated carbocycles. The third-order valence-corrected chi connectivity index (χ3v) is 4.86. The molecule has 1 aromatic heterocycles. The fourth-order valence-corrected chi connectivity index (χ4v) is 3.39. The predicted molar refractivity (Wildman–Crippen MR) is 82.3 cm³/mol. The molecule has 0 aromatic carbocycles. The number of carbonyl (C=O) groups excluding carboxylic acids is 2. The van der Waals surface area contributed by atoms with Gasteiger partial charge in [0.1, 0.15) is 0 Å². The van der Waals surface area contributed by atoms with Gasteiger partial charge in [-0.05, 0) is 24.3 Å². The smallest absolute Gasteiger partial charge is 0.264 e. The van der Waals surface area contributed by atoms with Gasteiger partial charge in [0.05, 0.1) is 17.5 Å². The summed E-state index contributed by atoms with van der Waals surface area (Å²) in [5.41, 5.74) is 0. The Labute approximate surface area is 129 Å². The molecule has 1 aliphatic rings. The molecule has 2 atom stereocenters. The maximum atomic E-state index is 12.2. The summed E-state index contributed by atoms with van der Waals surface area (Å²) in [5, 5.41) is 11.7. The molecular formula is C15H22N2O3S. The lowest BCUT2D eigenvalue weighted by atomic mass is 10.1. The first-order valence-electron chi connectivity index (χ1n) is 7.20. The zero-order valence-corrected chi connectivity index (χ0v) is 13.3. The van der Waals surface area contributed by atoms with Crippen molar-refractivity contribution in [1.29, 1.82) is 0 Å². The van der Waals surface area contributed by atoms with E-state index in [1.165, 1.54) is 16.2 Å². The number of nitrogens with zero attached hydrogens (tertiary/aromatic N) is 2. The Morgan fingerprint density at radius 1 is 1.33 bits per heavy atom. The van der Waals surface area contributed by atoms with Crippen LogP contribution in [0.1, 0.15) is 28.9 Å². The van der Waals surface area contributed by atoms with E-state index < -0.39 is 0 Å². The van der Waals surface area contributed by atoms with Gasteiger partial charge in [-0.25, -0.2) is 0 Å². The van der Waals surface area contributed by atoms with Crippen LogP contribution in [0, 0.1) is 5.92 Å². The molecule has 0 radical (unpaired) electrons. The number of likely N-dealkylation sites (N-methyl/N-ethyl adjacent to an activating group) is 2. The lowest BCUT2D eigenvalue weighted by Crippen LogP contribution is -2.41. The molecule has 0 bridgehead atoms. The number of rotatable bonds is 5. The predicted octanol–water partition coefficient (Wildman–Crippen LogP) is 1.44. The molecule has 2 unspecified atom stereocenters. The van der Waals surface area contributed by atoms with E-state index in [1.54, 1.807) is 25.1 Å². The SMILES string of the molecule is CN(CC1CCCC1O)C(=O)CN(C)C(=O)c1cccs1. The Balaban J connectivity index is 1.84. The number of carbonyl (C=O) groups is 2. The molecule has 1 N–H and O–H groups in total. The second kappa shape index (κ2) is 7.04. The Hall–Kier alpha value is -1.40. The molecule has 5 nitrogen and oxygen atoms in total. The van der Waals surface area contributed by atoms with Crippen LogP contribution < -0.4 is 0 Å². The van der Waals surface area contributed by atoms with Crippen molar-refractivity contribution in [1.82, 2.24) is 9.80 Å². The Bertz CT molecular complexity index is 489. The summed E-state index contributed by atoms with van der Waals surface area (Å²) in [4.78, 5) is 28.0. The van der Waals surface area contributed by atoms with Gasteiger partial charge in [0.15, 0.2) is 0 Å². The average molecular weight is 310 g/mol. The van der Waals surface area contributed by atoms with Gasteiger partial charge in [-0.3, -0.25) is 9.59 Å². The van der Waals surface area contributed by atoms with Gasteiger partial charge in [-0.1, -0.05) is 12.5 Å². The number of thiophene rings is 1. The number of amides is 2. The van der Waals surface area contributed by atoms with Crippen molar-refractivity contribution in [3.05, 3.63) is 22.4 Å². The van der Waals surface area contributed by atoms with E-state index >= 15 is 0 Å². The molecular weight excluding hydrogens is 288 g/mol. The van der Waals surface area contributed by atoms with Crippen LogP contribution in [0.25, 0.3) is 0 Å². The molecule has 116 valence electrons. The van der Waals surface area contributed by atoms with Gasteiger partial charge in [-0.15, -0.1) is 11.3 Å². The van der Waals surface area contributed by atoms with Gasteiger partial charge in [0, 0.05) is 26.6 Å². The number of hydrogen-bond donors (Lipinski definition) is 1. The number of hydrogen-bond acceptors (Lipinski definition) is 4. The normalized spacial score (nSPS) is 21.3. The van der Waals surface area contributed by atoms with Crippen LogP contribution in [0.15, 0.2) is 17.5 Å². The first kappa shape index (κ1) is 16.0. The summed E-state index contributed by atoms with van der Waals surface area (Å²) >= 11 is 1.37. The van der Waals surface area contributed by atoms with Crippen molar-refractivity contribution in [2.75, 3.05) is 27.2 Å². The first-order valence-corrected chi connectivity index (χ1v) is 8.08. The van der Waals surface area contributed by atoms with Crippen LogP contribution in [0.3, 0.4) is 0 Å². The second-order valence-corrected chi connectivity index (χ2v) is 6.62. The van der Waals surface area contributed by atoms with Crippen molar-refractivity contribution < 1.29 is 14.7 Å². The number of aliphatic hydroxyl groups is 1. The van der Waals surface area contributed by atoms with Crippen LogP contribution in [0.5, 0.6) is 0 Å². The van der Waals surface area contributed by atoms with Gasteiger partial charge < -0.3 is 14.9 Å². The van der Waals surface area contributed by atoms with Crippen molar-refractivity contribution >= 4 is 23.2 Å². The van der Waals surface area contributed by atoms with Gasteiger partial charge >= 0.3 is 0 Å². The minimum Gasteiger partial charge on any atom is -0.393 e. The molecule has 6 heteroatoms. The Kier molecular flexibility index (Phi) is 5.36. The summed E-state index contributed by atoms with van der Waals surface area (Å²) in [6.45, 7) is 0.622. The molecule has 2 amide bonds. The van der Waals surface area contributed by atoms with Crippen molar-refractivity contribution in [3.8, 4) is 0 Å². The van der Waals surface area contributed by atoms with Gasteiger partial charge in [0.2, 0.25) is 5.91 Å². The average Bonchev–Trinajstić information content (AvgIpc) is 3.10. The van der Waals surface area contributed by atoms with Crippen molar-refractivity contribution in [2.45, 2.75) is 25.4 Å². The zero-order valence-electron chi connectivity index (χ0n) is 12.5. The molecule has 0 saturated heterocycles. The van der Waals surface area contributed by atoms with Crippen LogP contribution in [-0.2, 0) is 4.79 Å². The highest BCUT2D eigenvalue weighted by Crippen LogP contribution is 2.26. The van der Waals surface area contributed by atoms with Gasteiger partial charge in [0.25, 0.3) is 5.91 Å². The third kappa shape index (κ3) is 4.04. The highest BCUT2D eigenvalue weighted by molar-refractivity contribution is 7.12. The van der Waals surface area contributed by atoms with E-state index in [-0.39, 0.29) is 30.4 Å². The maximum absolute atomic E-state index is 12.2. The first-order chi connectivity index (χ1) is 9.99. The molecule has 1 aromatic rings. The summed E-state index contributed by atoms with van der Waals surface area (Å²) in [7, 11) is 3.37. The minimum atomic E-state index is -0.300. The monoisotopic (exact) mass is 310 g/mol. The summed E-state index contributed by atoms with van der Waals surface area (Å²) in [6.07, 6.45) is 2.50. The number of aliphatic hydroxyl groups excluding tert-OH is 1. The third-order valence-electron chi connectivity index (χ3n) is 4.00. The largest absolute Gasteiger partial charge is 0.393 e. The summed E-state index contributed by atoms with van der Waals surface area (Å²) in [5.74, 6) is -0.0635. The lowest BCUT2D eigenvalue weighted by molar-refractivity contribution is -0.131. The topological polar surface area (TPSA) is 60.9 Å². The van der Waals surface area contributed by atoms with Crippen LogP contribution in [-0.4, -0.2) is 60.0 Å². The fraction of sp³-hybridized carbons (Fsp3) is 0.600. The van der Waals surface area contributed by atoms with Crippen molar-refractivity contribution in [2.24, 2.45) is 5.92 Å². The van der Waals surface area contributed by atoms with Crippen LogP contribution >= 0.6 is 11.3 Å². The molecule has 0 spiro atoms. The van der Waals surface area contributed by atoms with Crippen molar-refractivity contribution in [3.63, 3.8) is 0 Å². The fourth-order valence-electron chi connectivity index (χ4n) is 2.67. The summed E-state index contributed by atoms with van der Waals surface area (Å²) < 4.78 is 0. The van der Waals surface area contributed by atoms with E-state index in [0.29, 0.717) is 11.4 Å². The molecule has 21 heavy (non-hydrogen) atoms. The van der Waals surface area contributed by atoms with E-state index in [0.717, 1.165) is 19.3 Å². The summed E-state index contributed by atoms with van der Waals surface area (Å²) in [6, 6.07) is 3.58. The minimum absolute atomic E-state index is 0.0655. The molecule has 0 aliphatic heterocycles. The zero-order chi connectivity index (χ0) is 15.4. The quantitative estimate of drug-likeness (QED) is 0.895. The standard InChI is InChI=1S/C15H22N2O3S/c1-16(9-11-5-3-6-12(11)18)14(19)10-17(2)15(20)13-7-4-8-21-13/h4,7-8,11-12,18H,3,5-6,9-10H2,1-2H3. The van der Waals surface area contributed by atoms with Crippen LogP contribution in [0.2, 0.25) is 0 Å². The van der Waals surface area contributed by atoms with E-state index in [1.807, 2.05) is 11.4 Å².